The molecule has 0 aromatic heterocycles. The number of carbonyl (C=O) groups excluding carboxylic acids is 1. The SMILES string of the molecule is COC(=O)CCCCCCCCCC(I)CN=[N+]=[N-]. The second kappa shape index (κ2) is 13.9. The van der Waals surface area contributed by atoms with E-state index in [0.29, 0.717) is 16.9 Å². The molecule has 0 aromatic carbocycles. The summed E-state index contributed by atoms with van der Waals surface area (Å²) < 4.78 is 5.06. The van der Waals surface area contributed by atoms with Crippen LogP contribution in [-0.4, -0.2) is 23.5 Å². The van der Waals surface area contributed by atoms with Crippen molar-refractivity contribution in [3.05, 3.63) is 10.4 Å². The minimum absolute atomic E-state index is 0.104. The van der Waals surface area contributed by atoms with Crippen molar-refractivity contribution in [3.63, 3.8) is 0 Å². The van der Waals surface area contributed by atoms with Gasteiger partial charge in [0.25, 0.3) is 0 Å². The fourth-order valence-electron chi connectivity index (χ4n) is 1.84. The Balaban J connectivity index is 3.18. The molecule has 0 saturated heterocycles. The first-order valence-electron chi connectivity index (χ1n) is 6.92. The maximum atomic E-state index is 10.9. The molecule has 0 saturated carbocycles. The van der Waals surface area contributed by atoms with Gasteiger partial charge in [-0.2, -0.15) is 0 Å². The summed E-state index contributed by atoms with van der Waals surface area (Å²) in [5.41, 5.74) is 8.20. The van der Waals surface area contributed by atoms with E-state index in [0.717, 1.165) is 19.3 Å². The van der Waals surface area contributed by atoms with Gasteiger partial charge >= 0.3 is 5.97 Å². The van der Waals surface area contributed by atoms with Gasteiger partial charge in [0.15, 0.2) is 0 Å². The fraction of sp³-hybridized carbons (Fsp3) is 0.923. The zero-order valence-electron chi connectivity index (χ0n) is 11.7. The molecule has 0 aliphatic rings. The van der Waals surface area contributed by atoms with E-state index in [-0.39, 0.29) is 5.97 Å². The van der Waals surface area contributed by atoms with Gasteiger partial charge in [-0.3, -0.25) is 4.79 Å². The largest absolute Gasteiger partial charge is 0.469 e. The average Bonchev–Trinajstić information content (AvgIpc) is 2.42. The van der Waals surface area contributed by atoms with E-state index < -0.39 is 0 Å². The number of carbonyl (C=O) groups is 1. The molecule has 0 spiro atoms. The standard InChI is InChI=1S/C13H24IN3O2/c1-19-13(18)10-8-6-4-2-3-5-7-9-12(14)11-16-17-15/h12H,2-11H2,1H3. The van der Waals surface area contributed by atoms with Crippen LogP contribution in [0.4, 0.5) is 0 Å². The zero-order valence-corrected chi connectivity index (χ0v) is 13.8. The van der Waals surface area contributed by atoms with Crippen LogP contribution >= 0.6 is 22.6 Å². The van der Waals surface area contributed by atoms with Gasteiger partial charge in [-0.25, -0.2) is 0 Å². The van der Waals surface area contributed by atoms with E-state index in [4.69, 9.17) is 5.53 Å². The highest BCUT2D eigenvalue weighted by Crippen LogP contribution is 2.14. The molecule has 6 heteroatoms. The number of nitrogens with zero attached hydrogens (tertiary/aromatic N) is 3. The van der Waals surface area contributed by atoms with E-state index in [9.17, 15) is 4.79 Å². The van der Waals surface area contributed by atoms with Gasteiger partial charge in [-0.05, 0) is 18.4 Å². The fourth-order valence-corrected chi connectivity index (χ4v) is 2.45. The lowest BCUT2D eigenvalue weighted by Gasteiger charge is -2.06. The molecule has 0 fully saturated rings. The summed E-state index contributed by atoms with van der Waals surface area (Å²) in [5.74, 6) is -0.104. The van der Waals surface area contributed by atoms with Crippen LogP contribution in [0.15, 0.2) is 5.11 Å². The molecule has 0 aliphatic heterocycles. The highest BCUT2D eigenvalue weighted by molar-refractivity contribution is 14.1. The molecule has 0 aromatic rings. The molecular weight excluding hydrogens is 357 g/mol. The van der Waals surface area contributed by atoms with Gasteiger partial charge in [0.2, 0.25) is 0 Å². The predicted molar refractivity (Wildman–Crippen MR) is 85.4 cm³/mol. The molecule has 0 heterocycles. The Labute approximate surface area is 129 Å². The van der Waals surface area contributed by atoms with Crippen LogP contribution in [0.5, 0.6) is 0 Å². The molecule has 5 nitrogen and oxygen atoms in total. The third-order valence-electron chi connectivity index (χ3n) is 2.97. The van der Waals surface area contributed by atoms with Crippen molar-refractivity contribution < 1.29 is 9.53 Å². The maximum Gasteiger partial charge on any atom is 0.305 e. The lowest BCUT2D eigenvalue weighted by Crippen LogP contribution is -2.01. The number of hydrogen-bond donors (Lipinski definition) is 0. The first-order chi connectivity index (χ1) is 9.20. The first-order valence-corrected chi connectivity index (χ1v) is 8.17. The van der Waals surface area contributed by atoms with Crippen LogP contribution in [-0.2, 0) is 9.53 Å². The highest BCUT2D eigenvalue weighted by atomic mass is 127. The summed E-state index contributed by atoms with van der Waals surface area (Å²) in [6.45, 7) is 0.602. The number of azide groups is 1. The van der Waals surface area contributed by atoms with E-state index in [1.807, 2.05) is 0 Å². The number of rotatable bonds is 12. The second-order valence-electron chi connectivity index (χ2n) is 4.60. The summed E-state index contributed by atoms with van der Waals surface area (Å²) in [7, 11) is 1.44. The lowest BCUT2D eigenvalue weighted by molar-refractivity contribution is -0.140. The van der Waals surface area contributed by atoms with Crippen molar-refractivity contribution >= 4 is 28.6 Å². The topological polar surface area (TPSA) is 75.1 Å². The number of unbranched alkanes of at least 4 members (excludes halogenated alkanes) is 6. The van der Waals surface area contributed by atoms with E-state index in [1.165, 1.54) is 39.2 Å². The minimum Gasteiger partial charge on any atom is -0.469 e. The zero-order chi connectivity index (χ0) is 14.3. The molecule has 1 atom stereocenters. The van der Waals surface area contributed by atoms with Crippen LogP contribution in [0.1, 0.15) is 57.8 Å². The molecule has 0 amide bonds. The Morgan fingerprint density at radius 3 is 2.37 bits per heavy atom. The number of ether oxygens (including phenoxy) is 1. The van der Waals surface area contributed by atoms with Gasteiger partial charge in [0, 0.05) is 21.8 Å². The van der Waals surface area contributed by atoms with Crippen LogP contribution in [0.2, 0.25) is 0 Å². The van der Waals surface area contributed by atoms with Crippen LogP contribution < -0.4 is 0 Å². The summed E-state index contributed by atoms with van der Waals surface area (Å²) in [6.07, 6.45) is 9.86. The van der Waals surface area contributed by atoms with Gasteiger partial charge in [-0.15, -0.1) is 0 Å². The molecule has 0 bridgehead atoms. The number of halogens is 1. The summed E-state index contributed by atoms with van der Waals surface area (Å²) in [5, 5.41) is 3.58. The number of methoxy groups -OCH3 is 1. The Bertz CT molecular complexity index is 281. The Kier molecular flexibility index (Phi) is 13.6. The first kappa shape index (κ1) is 18.5. The van der Waals surface area contributed by atoms with Crippen molar-refractivity contribution in [2.24, 2.45) is 5.11 Å². The normalized spacial score (nSPS) is 11.7. The summed E-state index contributed by atoms with van der Waals surface area (Å²) in [6, 6.07) is 0. The number of esters is 1. The summed E-state index contributed by atoms with van der Waals surface area (Å²) >= 11 is 2.35. The lowest BCUT2D eigenvalue weighted by atomic mass is 10.1. The van der Waals surface area contributed by atoms with Crippen molar-refractivity contribution in [3.8, 4) is 0 Å². The quantitative estimate of drug-likeness (QED) is 0.0928. The second-order valence-corrected chi connectivity index (χ2v) is 6.36. The van der Waals surface area contributed by atoms with Crippen molar-refractivity contribution in [2.45, 2.75) is 61.7 Å². The third kappa shape index (κ3) is 13.7. The minimum atomic E-state index is -0.104. The van der Waals surface area contributed by atoms with E-state index in [2.05, 4.69) is 37.4 Å². The monoisotopic (exact) mass is 381 g/mol. The molecule has 0 rings (SSSR count). The van der Waals surface area contributed by atoms with E-state index >= 15 is 0 Å². The van der Waals surface area contributed by atoms with Gasteiger partial charge < -0.3 is 4.74 Å². The number of alkyl halides is 1. The number of hydrogen-bond acceptors (Lipinski definition) is 3. The third-order valence-corrected chi connectivity index (χ3v) is 3.99. The smallest absolute Gasteiger partial charge is 0.305 e. The molecule has 0 aliphatic carbocycles. The molecule has 1 unspecified atom stereocenters. The molecule has 110 valence electrons. The predicted octanol–water partition coefficient (Wildman–Crippen LogP) is 4.78. The van der Waals surface area contributed by atoms with Crippen LogP contribution in [0, 0.1) is 0 Å². The van der Waals surface area contributed by atoms with Crippen LogP contribution in [0.25, 0.3) is 10.4 Å². The van der Waals surface area contributed by atoms with E-state index in [1.54, 1.807) is 0 Å². The maximum absolute atomic E-state index is 10.9. The van der Waals surface area contributed by atoms with Crippen molar-refractivity contribution in [1.82, 2.24) is 0 Å². The van der Waals surface area contributed by atoms with Gasteiger partial charge in [0.05, 0.1) is 7.11 Å². The molecule has 0 radical (unpaired) electrons. The average molecular weight is 381 g/mol. The molecular formula is C13H24IN3O2. The molecule has 19 heavy (non-hydrogen) atoms. The van der Waals surface area contributed by atoms with Gasteiger partial charge in [-0.1, -0.05) is 66.2 Å². The summed E-state index contributed by atoms with van der Waals surface area (Å²) in [4.78, 5) is 13.6. The van der Waals surface area contributed by atoms with Crippen molar-refractivity contribution in [2.75, 3.05) is 13.7 Å². The van der Waals surface area contributed by atoms with Gasteiger partial charge in [0.1, 0.15) is 0 Å². The Morgan fingerprint density at radius 2 is 1.79 bits per heavy atom. The highest BCUT2D eigenvalue weighted by Gasteiger charge is 2.02. The molecule has 0 N–H and O–H groups in total. The Morgan fingerprint density at radius 1 is 1.21 bits per heavy atom. The Hall–Kier alpha value is -0.490. The van der Waals surface area contributed by atoms with Crippen molar-refractivity contribution in [1.29, 1.82) is 0 Å². The van der Waals surface area contributed by atoms with Crippen LogP contribution in [0.3, 0.4) is 0 Å².